The molecule has 236 valence electrons. The lowest BCUT2D eigenvalue weighted by molar-refractivity contribution is -0.111. The minimum absolute atomic E-state index is 0.00272. The predicted octanol–water partition coefficient (Wildman–Crippen LogP) is 7.51. The number of anilines is 1. The molecule has 1 heterocycles. The molecule has 0 saturated carbocycles. The first kappa shape index (κ1) is 32.7. The second kappa shape index (κ2) is 15.5. The Bertz CT molecular complexity index is 1930. The molecular formula is C36H33ClN2O6S. The molecular weight excluding hydrogens is 624 g/mol. The van der Waals surface area contributed by atoms with Crippen LogP contribution < -0.4 is 14.8 Å². The Morgan fingerprint density at radius 2 is 1.70 bits per heavy atom. The van der Waals surface area contributed by atoms with E-state index in [0.717, 1.165) is 27.7 Å². The van der Waals surface area contributed by atoms with Crippen molar-refractivity contribution in [3.8, 4) is 11.5 Å². The van der Waals surface area contributed by atoms with Gasteiger partial charge in [-0.1, -0.05) is 54.1 Å². The number of nitrogens with one attached hydrogen (secondary N) is 1. The maximum Gasteiger partial charge on any atom is 0.248 e. The minimum Gasteiger partial charge on any atom is -0.487 e. The number of carbonyl (C=O) groups is 1. The smallest absolute Gasteiger partial charge is 0.248 e. The number of nitrogens with zero attached hydrogens (tertiary/aromatic N) is 1. The van der Waals surface area contributed by atoms with Gasteiger partial charge in [0.25, 0.3) is 0 Å². The molecule has 0 spiro atoms. The molecule has 0 saturated heterocycles. The van der Waals surface area contributed by atoms with E-state index in [1.807, 2.05) is 66.7 Å². The number of hydrogen-bond donors (Lipinski definition) is 1. The van der Waals surface area contributed by atoms with Gasteiger partial charge in [0.2, 0.25) is 5.91 Å². The first-order chi connectivity index (χ1) is 22.3. The maximum absolute atomic E-state index is 12.9. The van der Waals surface area contributed by atoms with Gasteiger partial charge in [0, 0.05) is 23.6 Å². The number of pyridine rings is 1. The number of carbonyl (C=O) groups excluding carboxylic acids is 1. The van der Waals surface area contributed by atoms with Crippen molar-refractivity contribution in [2.75, 3.05) is 25.0 Å². The Morgan fingerprint density at radius 1 is 0.913 bits per heavy atom. The van der Waals surface area contributed by atoms with Crippen LogP contribution in [0.5, 0.6) is 11.5 Å². The van der Waals surface area contributed by atoms with Crippen LogP contribution in [0.15, 0.2) is 114 Å². The molecule has 1 aromatic heterocycles. The summed E-state index contributed by atoms with van der Waals surface area (Å²) >= 11 is 5.89. The fraction of sp³-hybridized carbons (Fsp3) is 0.167. The van der Waals surface area contributed by atoms with Crippen LogP contribution in [0, 0.1) is 0 Å². The van der Waals surface area contributed by atoms with Gasteiger partial charge in [-0.2, -0.15) is 0 Å². The highest BCUT2D eigenvalue weighted by atomic mass is 35.5. The van der Waals surface area contributed by atoms with Gasteiger partial charge < -0.3 is 19.5 Å². The fourth-order valence-electron chi connectivity index (χ4n) is 4.67. The first-order valence-corrected chi connectivity index (χ1v) is 16.6. The summed E-state index contributed by atoms with van der Waals surface area (Å²) in [4.78, 5) is 17.7. The summed E-state index contributed by atoms with van der Waals surface area (Å²) in [5, 5.41) is 4.42. The average Bonchev–Trinajstić information content (AvgIpc) is 3.06. The zero-order chi connectivity index (χ0) is 32.4. The van der Waals surface area contributed by atoms with Crippen LogP contribution >= 0.6 is 11.6 Å². The number of para-hydroxylation sites is 1. The number of rotatable bonds is 14. The SMILES string of the molecule is COCOc1ccc(CCCS(=O)(=O)c2ccc(Cl)cc2)cc1NC(=O)C=Cc1ccc(OCc2ccc3ccccc3n2)cc1. The summed E-state index contributed by atoms with van der Waals surface area (Å²) in [5.41, 5.74) is 3.88. The van der Waals surface area contributed by atoms with E-state index in [9.17, 15) is 13.2 Å². The van der Waals surface area contributed by atoms with Crippen molar-refractivity contribution in [1.29, 1.82) is 0 Å². The Labute approximate surface area is 273 Å². The van der Waals surface area contributed by atoms with Crippen LogP contribution in [0.3, 0.4) is 0 Å². The van der Waals surface area contributed by atoms with Gasteiger partial charge in [0.1, 0.15) is 18.1 Å². The summed E-state index contributed by atoms with van der Waals surface area (Å²) < 4.78 is 42.0. The molecule has 0 aliphatic heterocycles. The number of aromatic nitrogens is 1. The lowest BCUT2D eigenvalue weighted by Gasteiger charge is -2.13. The molecule has 5 rings (SSSR count). The third-order valence-electron chi connectivity index (χ3n) is 7.04. The number of fused-ring (bicyclic) bond motifs is 1. The zero-order valence-corrected chi connectivity index (χ0v) is 26.8. The van der Waals surface area contributed by atoms with E-state index < -0.39 is 9.84 Å². The van der Waals surface area contributed by atoms with Gasteiger partial charge in [-0.25, -0.2) is 13.4 Å². The second-order valence-electron chi connectivity index (χ2n) is 10.4. The standard InChI is InChI=1S/C36H33ClN2O6S/c1-43-25-45-35-20-10-27(5-4-22-46(41,42)32-18-13-29(37)14-19-32)23-34(35)39-36(40)21-11-26-8-16-31(17-9-26)44-24-30-15-12-28-6-2-3-7-33(28)38-30/h2-3,6-21,23H,4-5,22,24-25H2,1H3,(H,39,40). The summed E-state index contributed by atoms with van der Waals surface area (Å²) in [6.45, 7) is 0.343. The number of ether oxygens (including phenoxy) is 3. The Morgan fingerprint density at radius 3 is 2.48 bits per heavy atom. The van der Waals surface area contributed by atoms with E-state index >= 15 is 0 Å². The maximum atomic E-state index is 12.9. The molecule has 0 bridgehead atoms. The van der Waals surface area contributed by atoms with Crippen molar-refractivity contribution in [3.05, 3.63) is 131 Å². The van der Waals surface area contributed by atoms with Crippen molar-refractivity contribution in [1.82, 2.24) is 4.98 Å². The Balaban J connectivity index is 1.17. The van der Waals surface area contributed by atoms with E-state index in [0.29, 0.717) is 41.7 Å². The molecule has 10 heteroatoms. The van der Waals surface area contributed by atoms with Gasteiger partial charge in [-0.15, -0.1) is 0 Å². The van der Waals surface area contributed by atoms with Crippen molar-refractivity contribution in [3.63, 3.8) is 0 Å². The van der Waals surface area contributed by atoms with Crippen molar-refractivity contribution >= 4 is 50.0 Å². The Hall–Kier alpha value is -4.70. The lowest BCUT2D eigenvalue weighted by Crippen LogP contribution is -2.11. The quantitative estimate of drug-likeness (QED) is 0.0975. The monoisotopic (exact) mass is 656 g/mol. The molecule has 0 aliphatic rings. The number of hydrogen-bond acceptors (Lipinski definition) is 7. The number of methoxy groups -OCH3 is 1. The predicted molar refractivity (Wildman–Crippen MR) is 181 cm³/mol. The summed E-state index contributed by atoms with van der Waals surface area (Å²) in [6, 6.07) is 30.8. The van der Waals surface area contributed by atoms with Crippen LogP contribution in [0.4, 0.5) is 5.69 Å². The number of aryl methyl sites for hydroxylation is 1. The van der Waals surface area contributed by atoms with E-state index in [-0.39, 0.29) is 23.3 Å². The van der Waals surface area contributed by atoms with Crippen molar-refractivity contribution in [2.45, 2.75) is 24.3 Å². The molecule has 46 heavy (non-hydrogen) atoms. The molecule has 1 N–H and O–H groups in total. The average molecular weight is 657 g/mol. The van der Waals surface area contributed by atoms with Gasteiger partial charge in [-0.05, 0) is 90.7 Å². The minimum atomic E-state index is -3.45. The third kappa shape index (κ3) is 9.17. The van der Waals surface area contributed by atoms with Crippen LogP contribution in [0.1, 0.15) is 23.2 Å². The van der Waals surface area contributed by atoms with Gasteiger partial charge in [0.05, 0.1) is 27.5 Å². The van der Waals surface area contributed by atoms with Gasteiger partial charge >= 0.3 is 0 Å². The molecule has 0 atom stereocenters. The highest BCUT2D eigenvalue weighted by molar-refractivity contribution is 7.91. The molecule has 0 fully saturated rings. The second-order valence-corrected chi connectivity index (χ2v) is 13.0. The van der Waals surface area contributed by atoms with E-state index in [2.05, 4.69) is 10.3 Å². The molecule has 0 radical (unpaired) electrons. The molecule has 1 amide bonds. The normalized spacial score (nSPS) is 11.5. The van der Waals surface area contributed by atoms with Crippen LogP contribution in [-0.4, -0.2) is 39.0 Å². The van der Waals surface area contributed by atoms with E-state index in [4.69, 9.17) is 25.8 Å². The lowest BCUT2D eigenvalue weighted by atomic mass is 10.1. The van der Waals surface area contributed by atoms with Crippen molar-refractivity contribution in [2.24, 2.45) is 0 Å². The topological polar surface area (TPSA) is 104 Å². The number of sulfone groups is 1. The summed E-state index contributed by atoms with van der Waals surface area (Å²) in [5.74, 6) is 0.746. The molecule has 8 nitrogen and oxygen atoms in total. The molecule has 4 aromatic carbocycles. The fourth-order valence-corrected chi connectivity index (χ4v) is 6.11. The molecule has 0 unspecified atom stereocenters. The van der Waals surface area contributed by atoms with E-state index in [1.165, 1.54) is 25.3 Å². The number of amides is 1. The Kier molecular flexibility index (Phi) is 11.0. The van der Waals surface area contributed by atoms with Crippen LogP contribution in [-0.2, 0) is 32.4 Å². The van der Waals surface area contributed by atoms with Crippen LogP contribution in [0.25, 0.3) is 17.0 Å². The van der Waals surface area contributed by atoms with Crippen molar-refractivity contribution < 1.29 is 27.4 Å². The first-order valence-electron chi connectivity index (χ1n) is 14.6. The number of halogens is 1. The highest BCUT2D eigenvalue weighted by Gasteiger charge is 2.15. The molecule has 0 aliphatic carbocycles. The van der Waals surface area contributed by atoms with Gasteiger partial charge in [0.15, 0.2) is 16.6 Å². The van der Waals surface area contributed by atoms with Crippen LogP contribution in [0.2, 0.25) is 5.02 Å². The van der Waals surface area contributed by atoms with Gasteiger partial charge in [-0.3, -0.25) is 4.79 Å². The highest BCUT2D eigenvalue weighted by Crippen LogP contribution is 2.27. The summed E-state index contributed by atoms with van der Waals surface area (Å²) in [7, 11) is -1.94. The van der Waals surface area contributed by atoms with E-state index in [1.54, 1.807) is 30.3 Å². The molecule has 5 aromatic rings. The third-order valence-corrected chi connectivity index (χ3v) is 9.10. The number of benzene rings is 4. The zero-order valence-electron chi connectivity index (χ0n) is 25.2. The summed E-state index contributed by atoms with van der Waals surface area (Å²) in [6.07, 6.45) is 4.02. The largest absolute Gasteiger partial charge is 0.487 e.